The lowest BCUT2D eigenvalue weighted by Crippen LogP contribution is -2.17. The summed E-state index contributed by atoms with van der Waals surface area (Å²) < 4.78 is 32.8. The first-order valence-electron chi connectivity index (χ1n) is 6.74. The highest BCUT2D eigenvalue weighted by Gasteiger charge is 2.28. The first-order valence-corrected chi connectivity index (χ1v) is 8.20. The lowest BCUT2D eigenvalue weighted by Gasteiger charge is -2.22. The molecule has 2 rings (SSSR count). The Kier molecular flexibility index (Phi) is 5.65. The molecule has 124 valence electrons. The predicted molar refractivity (Wildman–Crippen MR) is 81.7 cm³/mol. The minimum atomic E-state index is -3.93. The van der Waals surface area contributed by atoms with Gasteiger partial charge in [-0.1, -0.05) is 5.11 Å². The van der Waals surface area contributed by atoms with Crippen LogP contribution in [0.2, 0.25) is 0 Å². The molecule has 1 aromatic rings. The number of rotatable bonds is 7. The Hall–Kier alpha value is -2.02. The summed E-state index contributed by atoms with van der Waals surface area (Å²) in [6, 6.07) is 4.74. The Morgan fingerprint density at radius 3 is 2.96 bits per heavy atom. The van der Waals surface area contributed by atoms with E-state index in [1.54, 1.807) is 25.1 Å². The second-order valence-electron chi connectivity index (χ2n) is 4.46. The molecule has 0 bridgehead atoms. The SMILES string of the molecule is CCOP(=O)(OCN=[N+]=[N-])Oc1ccc2c(c1)OC(O)C=C2C. The molecular formula is C13H16N3O6P. The largest absolute Gasteiger partial charge is 0.530 e. The monoisotopic (exact) mass is 341 g/mol. The smallest absolute Gasteiger partial charge is 0.461 e. The van der Waals surface area contributed by atoms with Crippen LogP contribution in [0, 0.1) is 0 Å². The van der Waals surface area contributed by atoms with Gasteiger partial charge in [0.1, 0.15) is 18.2 Å². The standard InChI is InChI=1S/C13H16N3O6P/c1-3-19-23(18,20-8-15-16-14)22-10-4-5-11-9(2)6-13(17)21-12(11)7-10/h4-7,13,17H,3,8H2,1-2H3. The van der Waals surface area contributed by atoms with Gasteiger partial charge in [-0.2, -0.15) is 0 Å². The van der Waals surface area contributed by atoms with E-state index in [1.165, 1.54) is 6.07 Å². The molecule has 2 unspecified atom stereocenters. The zero-order chi connectivity index (χ0) is 16.9. The molecule has 1 heterocycles. The van der Waals surface area contributed by atoms with Crippen LogP contribution in [0.5, 0.6) is 11.5 Å². The number of fused-ring (bicyclic) bond motifs is 1. The van der Waals surface area contributed by atoms with Crippen molar-refractivity contribution in [2.24, 2.45) is 5.11 Å². The van der Waals surface area contributed by atoms with Gasteiger partial charge in [0, 0.05) is 16.5 Å². The van der Waals surface area contributed by atoms with Crippen molar-refractivity contribution >= 4 is 13.4 Å². The number of allylic oxidation sites excluding steroid dienone is 1. The molecule has 0 saturated heterocycles. The van der Waals surface area contributed by atoms with E-state index in [0.29, 0.717) is 5.75 Å². The average molecular weight is 341 g/mol. The lowest BCUT2D eigenvalue weighted by atomic mass is 10.0. The van der Waals surface area contributed by atoms with Gasteiger partial charge in [0.2, 0.25) is 6.29 Å². The van der Waals surface area contributed by atoms with Crippen LogP contribution >= 0.6 is 7.82 Å². The summed E-state index contributed by atoms with van der Waals surface area (Å²) in [7, 11) is -3.93. The number of benzene rings is 1. The summed E-state index contributed by atoms with van der Waals surface area (Å²) in [5.41, 5.74) is 9.85. The third-order valence-electron chi connectivity index (χ3n) is 2.86. The fourth-order valence-electron chi connectivity index (χ4n) is 1.95. The van der Waals surface area contributed by atoms with Crippen LogP contribution in [0.15, 0.2) is 29.4 Å². The number of phosphoric ester groups is 1. The normalized spacial score (nSPS) is 18.7. The van der Waals surface area contributed by atoms with Crippen molar-refractivity contribution in [3.05, 3.63) is 40.3 Å². The fraction of sp³-hybridized carbons (Fsp3) is 0.385. The summed E-state index contributed by atoms with van der Waals surface area (Å²) in [4.78, 5) is 2.49. The van der Waals surface area contributed by atoms with Crippen molar-refractivity contribution in [1.29, 1.82) is 0 Å². The Morgan fingerprint density at radius 1 is 1.48 bits per heavy atom. The predicted octanol–water partition coefficient (Wildman–Crippen LogP) is 3.61. The number of hydrogen-bond acceptors (Lipinski definition) is 7. The van der Waals surface area contributed by atoms with E-state index < -0.39 is 20.8 Å². The molecular weight excluding hydrogens is 325 g/mol. The van der Waals surface area contributed by atoms with Gasteiger partial charge < -0.3 is 14.4 Å². The molecule has 1 aromatic carbocycles. The number of aliphatic hydroxyl groups is 1. The number of hydrogen-bond donors (Lipinski definition) is 1. The summed E-state index contributed by atoms with van der Waals surface area (Å²) >= 11 is 0. The Morgan fingerprint density at radius 2 is 2.26 bits per heavy atom. The van der Waals surface area contributed by atoms with Gasteiger partial charge in [0.25, 0.3) is 0 Å². The maximum absolute atomic E-state index is 12.4. The van der Waals surface area contributed by atoms with Crippen molar-refractivity contribution in [2.75, 3.05) is 13.3 Å². The van der Waals surface area contributed by atoms with E-state index in [0.717, 1.165) is 11.1 Å². The average Bonchev–Trinajstić information content (AvgIpc) is 2.47. The van der Waals surface area contributed by atoms with E-state index in [1.807, 2.05) is 6.92 Å². The first-order chi connectivity index (χ1) is 11.0. The molecule has 0 saturated carbocycles. The summed E-state index contributed by atoms with van der Waals surface area (Å²) in [5.74, 6) is 0.552. The molecule has 2 atom stereocenters. The maximum atomic E-state index is 12.4. The van der Waals surface area contributed by atoms with Gasteiger partial charge >= 0.3 is 7.82 Å². The maximum Gasteiger partial charge on any atom is 0.530 e. The summed E-state index contributed by atoms with van der Waals surface area (Å²) in [6.07, 6.45) is 0.509. The first kappa shape index (κ1) is 17.3. The summed E-state index contributed by atoms with van der Waals surface area (Å²) in [5, 5.41) is 12.7. The van der Waals surface area contributed by atoms with Gasteiger partial charge in [0.15, 0.2) is 0 Å². The molecule has 0 fully saturated rings. The highest BCUT2D eigenvalue weighted by atomic mass is 31.2. The minimum absolute atomic E-state index is 0.0789. The van der Waals surface area contributed by atoms with E-state index in [2.05, 4.69) is 10.0 Å². The van der Waals surface area contributed by atoms with Gasteiger partial charge in [0.05, 0.1) is 6.61 Å². The Bertz CT molecular complexity index is 701. The topological polar surface area (TPSA) is 123 Å². The van der Waals surface area contributed by atoms with Crippen LogP contribution in [-0.2, 0) is 13.6 Å². The number of aliphatic hydroxyl groups excluding tert-OH is 1. The molecule has 1 aliphatic heterocycles. The van der Waals surface area contributed by atoms with E-state index >= 15 is 0 Å². The van der Waals surface area contributed by atoms with E-state index in [-0.39, 0.29) is 12.4 Å². The third kappa shape index (κ3) is 4.48. The zero-order valence-electron chi connectivity index (χ0n) is 12.6. The van der Waals surface area contributed by atoms with Crippen molar-refractivity contribution in [3.63, 3.8) is 0 Å². The second-order valence-corrected chi connectivity index (χ2v) is 6.05. The molecule has 0 aromatic heterocycles. The van der Waals surface area contributed by atoms with Crippen LogP contribution in [0.4, 0.5) is 0 Å². The van der Waals surface area contributed by atoms with Crippen molar-refractivity contribution in [2.45, 2.75) is 20.1 Å². The van der Waals surface area contributed by atoms with Crippen molar-refractivity contribution < 1.29 is 28.0 Å². The molecule has 1 aliphatic rings. The number of azide groups is 1. The van der Waals surface area contributed by atoms with Gasteiger partial charge in [-0.3, -0.25) is 9.05 Å². The van der Waals surface area contributed by atoms with Crippen LogP contribution in [0.3, 0.4) is 0 Å². The van der Waals surface area contributed by atoms with Crippen LogP contribution in [0.1, 0.15) is 19.4 Å². The van der Waals surface area contributed by atoms with Gasteiger partial charge in [-0.05, 0) is 43.2 Å². The highest BCUT2D eigenvalue weighted by Crippen LogP contribution is 2.50. The number of ether oxygens (including phenoxy) is 1. The Balaban J connectivity index is 2.21. The van der Waals surface area contributed by atoms with Crippen molar-refractivity contribution in [1.82, 2.24) is 0 Å². The molecule has 9 nitrogen and oxygen atoms in total. The molecule has 0 radical (unpaired) electrons. The molecule has 0 aliphatic carbocycles. The quantitative estimate of drug-likeness (QED) is 0.350. The highest BCUT2D eigenvalue weighted by molar-refractivity contribution is 7.48. The number of phosphoric acid groups is 1. The minimum Gasteiger partial charge on any atom is -0.461 e. The molecule has 10 heteroatoms. The van der Waals surface area contributed by atoms with Crippen LogP contribution in [0.25, 0.3) is 16.0 Å². The van der Waals surface area contributed by atoms with E-state index in [9.17, 15) is 9.67 Å². The third-order valence-corrected chi connectivity index (χ3v) is 4.30. The molecule has 0 amide bonds. The molecule has 1 N–H and O–H groups in total. The van der Waals surface area contributed by atoms with Gasteiger partial charge in [-0.15, -0.1) is 0 Å². The number of nitrogens with zero attached hydrogens (tertiary/aromatic N) is 3. The fourth-order valence-corrected chi connectivity index (χ4v) is 3.01. The Labute approximate surface area is 132 Å². The molecule has 0 spiro atoms. The van der Waals surface area contributed by atoms with E-state index in [4.69, 9.17) is 23.8 Å². The van der Waals surface area contributed by atoms with Crippen molar-refractivity contribution in [3.8, 4) is 11.5 Å². The lowest BCUT2D eigenvalue weighted by molar-refractivity contribution is 0.0224. The molecule has 23 heavy (non-hydrogen) atoms. The zero-order valence-corrected chi connectivity index (χ0v) is 13.5. The van der Waals surface area contributed by atoms with Gasteiger partial charge in [-0.25, -0.2) is 4.57 Å². The summed E-state index contributed by atoms with van der Waals surface area (Å²) in [6.45, 7) is 3.04. The van der Waals surface area contributed by atoms with Crippen LogP contribution < -0.4 is 9.26 Å². The van der Waals surface area contributed by atoms with Crippen LogP contribution in [-0.4, -0.2) is 24.7 Å². The second kappa shape index (κ2) is 7.50.